The maximum absolute atomic E-state index is 13.5. The van der Waals surface area contributed by atoms with Crippen molar-refractivity contribution in [2.45, 2.75) is 26.2 Å². The fraction of sp³-hybridized carbons (Fsp3) is 0.500. The molecule has 0 bridgehead atoms. The van der Waals surface area contributed by atoms with Gasteiger partial charge in [-0.25, -0.2) is 4.39 Å². The molecule has 0 aliphatic heterocycles. The normalized spacial score (nSPS) is 12.6. The highest BCUT2D eigenvalue weighted by atomic mass is 19.1. The average molecular weight is 211 g/mol. The zero-order chi connectivity index (χ0) is 11.4. The lowest BCUT2D eigenvalue weighted by Gasteiger charge is -2.18. The molecule has 0 aliphatic carbocycles. The number of methoxy groups -OCH3 is 1. The molecule has 0 heterocycles. The summed E-state index contributed by atoms with van der Waals surface area (Å²) in [6.45, 7) is 4.60. The molecule has 1 atom stereocenters. The van der Waals surface area contributed by atoms with Crippen molar-refractivity contribution in [3.8, 4) is 5.75 Å². The Labute approximate surface area is 90.2 Å². The summed E-state index contributed by atoms with van der Waals surface area (Å²) in [7, 11) is 1.50. The van der Waals surface area contributed by atoms with Gasteiger partial charge in [0.2, 0.25) is 0 Å². The second-order valence-corrected chi connectivity index (χ2v) is 3.79. The van der Waals surface area contributed by atoms with Crippen LogP contribution in [0.1, 0.15) is 30.4 Å². The molecule has 0 spiro atoms. The minimum Gasteiger partial charge on any atom is -0.493 e. The summed E-state index contributed by atoms with van der Waals surface area (Å²) in [5.41, 5.74) is 7.50. The molecule has 0 fully saturated rings. The van der Waals surface area contributed by atoms with Gasteiger partial charge in [0.15, 0.2) is 11.6 Å². The van der Waals surface area contributed by atoms with E-state index in [0.717, 1.165) is 17.5 Å². The minimum absolute atomic E-state index is 0.223. The van der Waals surface area contributed by atoms with E-state index < -0.39 is 0 Å². The molecule has 3 heteroatoms. The minimum atomic E-state index is -0.304. The summed E-state index contributed by atoms with van der Waals surface area (Å²) in [5, 5.41) is 0. The molecule has 84 valence electrons. The van der Waals surface area contributed by atoms with Crippen molar-refractivity contribution >= 4 is 0 Å². The molecule has 0 saturated carbocycles. The second kappa shape index (κ2) is 5.12. The Morgan fingerprint density at radius 3 is 2.67 bits per heavy atom. The van der Waals surface area contributed by atoms with E-state index in [0.29, 0.717) is 12.3 Å². The molecule has 1 unspecified atom stereocenters. The molecular weight excluding hydrogens is 193 g/mol. The SMILES string of the molecule is COc1c(F)ccc(C)c1C(C)CCN. The van der Waals surface area contributed by atoms with Gasteiger partial charge in [0.1, 0.15) is 0 Å². The number of halogens is 1. The summed E-state index contributed by atoms with van der Waals surface area (Å²) in [4.78, 5) is 0. The fourth-order valence-electron chi connectivity index (χ4n) is 1.89. The molecule has 1 aromatic rings. The number of hydrogen-bond acceptors (Lipinski definition) is 2. The molecule has 0 radical (unpaired) electrons. The van der Waals surface area contributed by atoms with E-state index in [9.17, 15) is 4.39 Å². The quantitative estimate of drug-likeness (QED) is 0.830. The van der Waals surface area contributed by atoms with Crippen molar-refractivity contribution in [3.63, 3.8) is 0 Å². The van der Waals surface area contributed by atoms with E-state index >= 15 is 0 Å². The van der Waals surface area contributed by atoms with Gasteiger partial charge in [-0.3, -0.25) is 0 Å². The Kier molecular flexibility index (Phi) is 4.09. The molecular formula is C12H18FNO. The molecule has 0 saturated heterocycles. The van der Waals surface area contributed by atoms with Crippen molar-refractivity contribution in [2.75, 3.05) is 13.7 Å². The third-order valence-corrected chi connectivity index (χ3v) is 2.66. The summed E-state index contributed by atoms with van der Waals surface area (Å²) < 4.78 is 18.6. The van der Waals surface area contributed by atoms with Crippen molar-refractivity contribution < 1.29 is 9.13 Å². The van der Waals surface area contributed by atoms with Crippen molar-refractivity contribution in [1.82, 2.24) is 0 Å². The van der Waals surface area contributed by atoms with Crippen LogP contribution < -0.4 is 10.5 Å². The first-order valence-corrected chi connectivity index (χ1v) is 5.14. The first kappa shape index (κ1) is 12.0. The van der Waals surface area contributed by atoms with Gasteiger partial charge < -0.3 is 10.5 Å². The first-order valence-electron chi connectivity index (χ1n) is 5.14. The van der Waals surface area contributed by atoms with Gasteiger partial charge in [0.25, 0.3) is 0 Å². The number of nitrogens with two attached hydrogens (primary N) is 1. The lowest BCUT2D eigenvalue weighted by atomic mass is 9.92. The maximum Gasteiger partial charge on any atom is 0.165 e. The van der Waals surface area contributed by atoms with Crippen molar-refractivity contribution in [3.05, 3.63) is 29.1 Å². The fourth-order valence-corrected chi connectivity index (χ4v) is 1.89. The number of ether oxygens (including phenoxy) is 1. The summed E-state index contributed by atoms with van der Waals surface area (Å²) in [6, 6.07) is 3.22. The number of rotatable bonds is 4. The van der Waals surface area contributed by atoms with Crippen LogP contribution in [0, 0.1) is 12.7 Å². The summed E-state index contributed by atoms with van der Waals surface area (Å²) in [6.07, 6.45) is 0.834. The van der Waals surface area contributed by atoms with E-state index in [2.05, 4.69) is 0 Å². The molecule has 2 nitrogen and oxygen atoms in total. The third kappa shape index (κ3) is 2.48. The van der Waals surface area contributed by atoms with Gasteiger partial charge in [-0.2, -0.15) is 0 Å². The average Bonchev–Trinajstić information content (AvgIpc) is 2.21. The van der Waals surface area contributed by atoms with E-state index in [1.54, 1.807) is 6.07 Å². The second-order valence-electron chi connectivity index (χ2n) is 3.79. The topological polar surface area (TPSA) is 35.2 Å². The van der Waals surface area contributed by atoms with Crippen LogP contribution >= 0.6 is 0 Å². The van der Waals surface area contributed by atoms with Crippen LogP contribution in [0.5, 0.6) is 5.75 Å². The molecule has 1 rings (SSSR count). The molecule has 2 N–H and O–H groups in total. The lowest BCUT2D eigenvalue weighted by Crippen LogP contribution is -2.08. The smallest absolute Gasteiger partial charge is 0.165 e. The molecule has 0 aromatic heterocycles. The zero-order valence-corrected chi connectivity index (χ0v) is 9.51. The highest BCUT2D eigenvalue weighted by Crippen LogP contribution is 2.33. The van der Waals surface area contributed by atoms with Gasteiger partial charge in [-0.1, -0.05) is 13.0 Å². The Bertz CT molecular complexity index is 339. The maximum atomic E-state index is 13.5. The Balaban J connectivity index is 3.18. The first-order chi connectivity index (χ1) is 7.11. The molecule has 15 heavy (non-hydrogen) atoms. The highest BCUT2D eigenvalue weighted by Gasteiger charge is 2.17. The van der Waals surface area contributed by atoms with Crippen LogP contribution in [-0.4, -0.2) is 13.7 Å². The van der Waals surface area contributed by atoms with Gasteiger partial charge in [0, 0.05) is 5.56 Å². The van der Waals surface area contributed by atoms with Gasteiger partial charge in [-0.05, 0) is 37.4 Å². The van der Waals surface area contributed by atoms with Crippen LogP contribution in [0.15, 0.2) is 12.1 Å². The van der Waals surface area contributed by atoms with E-state index in [1.807, 2.05) is 13.8 Å². The van der Waals surface area contributed by atoms with E-state index in [-0.39, 0.29) is 11.7 Å². The highest BCUT2D eigenvalue weighted by molar-refractivity contribution is 5.43. The predicted molar refractivity (Wildman–Crippen MR) is 59.8 cm³/mol. The number of benzene rings is 1. The van der Waals surface area contributed by atoms with Crippen molar-refractivity contribution in [2.24, 2.45) is 5.73 Å². The Morgan fingerprint density at radius 2 is 2.13 bits per heavy atom. The van der Waals surface area contributed by atoms with E-state index in [4.69, 9.17) is 10.5 Å². The van der Waals surface area contributed by atoms with Gasteiger partial charge in [-0.15, -0.1) is 0 Å². The summed E-state index contributed by atoms with van der Waals surface area (Å²) in [5.74, 6) is 0.276. The Hall–Kier alpha value is -1.09. The zero-order valence-electron chi connectivity index (χ0n) is 9.51. The largest absolute Gasteiger partial charge is 0.493 e. The predicted octanol–water partition coefficient (Wildman–Crippen LogP) is 2.60. The monoisotopic (exact) mass is 211 g/mol. The van der Waals surface area contributed by atoms with Crippen LogP contribution in [0.2, 0.25) is 0 Å². The van der Waals surface area contributed by atoms with Crippen LogP contribution in [0.3, 0.4) is 0 Å². The Morgan fingerprint density at radius 1 is 1.47 bits per heavy atom. The number of aryl methyl sites for hydroxylation is 1. The number of hydrogen-bond donors (Lipinski definition) is 1. The van der Waals surface area contributed by atoms with Gasteiger partial charge in [0.05, 0.1) is 7.11 Å². The van der Waals surface area contributed by atoms with E-state index in [1.165, 1.54) is 13.2 Å². The summed E-state index contributed by atoms with van der Waals surface area (Å²) >= 11 is 0. The third-order valence-electron chi connectivity index (χ3n) is 2.66. The van der Waals surface area contributed by atoms with Crippen LogP contribution in [-0.2, 0) is 0 Å². The lowest BCUT2D eigenvalue weighted by molar-refractivity contribution is 0.377. The van der Waals surface area contributed by atoms with Crippen molar-refractivity contribution in [1.29, 1.82) is 0 Å². The van der Waals surface area contributed by atoms with Crippen LogP contribution in [0.25, 0.3) is 0 Å². The molecule has 0 aliphatic rings. The van der Waals surface area contributed by atoms with Gasteiger partial charge >= 0.3 is 0 Å². The van der Waals surface area contributed by atoms with Crippen LogP contribution in [0.4, 0.5) is 4.39 Å². The standard InChI is InChI=1S/C12H18FNO/c1-8-4-5-10(13)12(15-3)11(8)9(2)6-7-14/h4-5,9H,6-7,14H2,1-3H3. The molecule has 0 amide bonds. The molecule has 1 aromatic carbocycles.